The van der Waals surface area contributed by atoms with Crippen molar-refractivity contribution in [3.05, 3.63) is 58.6 Å². The van der Waals surface area contributed by atoms with E-state index in [1.807, 2.05) is 24.3 Å². The molecule has 0 atom stereocenters. The van der Waals surface area contributed by atoms with Gasteiger partial charge < -0.3 is 10.4 Å². The van der Waals surface area contributed by atoms with Gasteiger partial charge in [-0.2, -0.15) is 0 Å². The Labute approximate surface area is 196 Å². The van der Waals surface area contributed by atoms with Crippen LogP contribution in [0, 0.1) is 11.8 Å². The lowest BCUT2D eigenvalue weighted by Gasteiger charge is -2.27. The van der Waals surface area contributed by atoms with Crippen LogP contribution in [0.1, 0.15) is 62.2 Å². The highest BCUT2D eigenvalue weighted by Gasteiger charge is 2.32. The van der Waals surface area contributed by atoms with Crippen LogP contribution < -0.4 is 5.32 Å². The highest BCUT2D eigenvalue weighted by atomic mass is 79.9. The number of carbonyl (C=O) groups excluding carboxylic acids is 2. The molecule has 168 valence electrons. The minimum absolute atomic E-state index is 0.0641. The largest absolute Gasteiger partial charge is 0.494 e. The van der Waals surface area contributed by atoms with E-state index in [0.717, 1.165) is 30.2 Å². The number of ketones is 1. The molecule has 1 aliphatic carbocycles. The number of amides is 1. The molecule has 6 heteroatoms. The number of halogens is 1. The molecule has 0 spiro atoms. The molecule has 1 amide bonds. The van der Waals surface area contributed by atoms with Gasteiger partial charge >= 0.3 is 6.03 Å². The Morgan fingerprint density at radius 2 is 1.81 bits per heavy atom. The van der Waals surface area contributed by atoms with Crippen LogP contribution in [0.15, 0.2) is 53.0 Å². The van der Waals surface area contributed by atoms with Crippen molar-refractivity contribution in [1.82, 2.24) is 4.57 Å². The number of anilines is 1. The van der Waals surface area contributed by atoms with Gasteiger partial charge in [0, 0.05) is 21.5 Å². The number of para-hydroxylation sites is 1. The number of aromatic hydroxyl groups is 1. The van der Waals surface area contributed by atoms with Crippen LogP contribution >= 0.6 is 15.9 Å². The van der Waals surface area contributed by atoms with Crippen molar-refractivity contribution in [3.63, 3.8) is 0 Å². The molecule has 2 N–H and O–H groups in total. The van der Waals surface area contributed by atoms with Gasteiger partial charge in [0.05, 0.1) is 11.1 Å². The van der Waals surface area contributed by atoms with E-state index in [0.29, 0.717) is 22.5 Å². The van der Waals surface area contributed by atoms with Gasteiger partial charge in [-0.15, -0.1) is 0 Å². The highest BCUT2D eigenvalue weighted by molar-refractivity contribution is 9.10. The Balaban J connectivity index is 1.65. The van der Waals surface area contributed by atoms with E-state index in [1.54, 1.807) is 24.3 Å². The van der Waals surface area contributed by atoms with Crippen molar-refractivity contribution in [3.8, 4) is 5.88 Å². The predicted molar refractivity (Wildman–Crippen MR) is 131 cm³/mol. The first-order valence-electron chi connectivity index (χ1n) is 11.4. The molecule has 4 rings (SSSR count). The summed E-state index contributed by atoms with van der Waals surface area (Å²) in [6.45, 7) is 2.21. The summed E-state index contributed by atoms with van der Waals surface area (Å²) in [7, 11) is 0. The number of rotatable bonds is 6. The molecule has 1 fully saturated rings. The molecule has 0 bridgehead atoms. The van der Waals surface area contributed by atoms with Crippen LogP contribution in [0.25, 0.3) is 10.9 Å². The molecule has 0 saturated heterocycles. The zero-order valence-electron chi connectivity index (χ0n) is 18.3. The summed E-state index contributed by atoms with van der Waals surface area (Å²) in [6.07, 6.45) is 7.44. The van der Waals surface area contributed by atoms with Crippen LogP contribution in [0.2, 0.25) is 0 Å². The smallest absolute Gasteiger partial charge is 0.333 e. The second-order valence-corrected chi connectivity index (χ2v) is 9.63. The molecule has 2 aromatic carbocycles. The van der Waals surface area contributed by atoms with E-state index in [-0.39, 0.29) is 23.1 Å². The average Bonchev–Trinajstić information content (AvgIpc) is 3.09. The summed E-state index contributed by atoms with van der Waals surface area (Å²) in [5.74, 6) is 0.226. The number of Topliss-reactive ketones (excluding diaryl/α,β-unsaturated/α-hetero) is 1. The third-order valence-corrected chi connectivity index (χ3v) is 7.06. The normalized spacial score (nSPS) is 18.6. The van der Waals surface area contributed by atoms with E-state index in [4.69, 9.17) is 0 Å². The van der Waals surface area contributed by atoms with Crippen LogP contribution in [-0.2, 0) is 0 Å². The van der Waals surface area contributed by atoms with Gasteiger partial charge in [-0.05, 0) is 61.9 Å². The van der Waals surface area contributed by atoms with Gasteiger partial charge in [-0.1, -0.05) is 60.3 Å². The van der Waals surface area contributed by atoms with Crippen molar-refractivity contribution < 1.29 is 14.7 Å². The summed E-state index contributed by atoms with van der Waals surface area (Å²) in [5, 5.41) is 14.5. The quantitative estimate of drug-likeness (QED) is 0.350. The maximum atomic E-state index is 13.5. The van der Waals surface area contributed by atoms with E-state index in [2.05, 4.69) is 28.2 Å². The molecule has 1 aromatic heterocycles. The number of unbranched alkanes of at least 4 members (excludes halogenated alkanes) is 1. The maximum absolute atomic E-state index is 13.5. The van der Waals surface area contributed by atoms with Gasteiger partial charge in [0.1, 0.15) is 0 Å². The molecule has 3 aromatic rings. The van der Waals surface area contributed by atoms with E-state index < -0.39 is 6.03 Å². The maximum Gasteiger partial charge on any atom is 0.333 e. The Hall–Kier alpha value is -2.60. The molecular formula is C26H29BrN2O3. The van der Waals surface area contributed by atoms with Crippen molar-refractivity contribution in [1.29, 1.82) is 0 Å². The topological polar surface area (TPSA) is 71.3 Å². The summed E-state index contributed by atoms with van der Waals surface area (Å²) in [5.41, 5.74) is 1.38. The van der Waals surface area contributed by atoms with Crippen molar-refractivity contribution in [2.24, 2.45) is 11.8 Å². The summed E-state index contributed by atoms with van der Waals surface area (Å²) < 4.78 is 2.00. The highest BCUT2D eigenvalue weighted by Crippen LogP contribution is 2.39. The Morgan fingerprint density at radius 1 is 1.09 bits per heavy atom. The molecule has 0 aliphatic heterocycles. The standard InChI is InChI=1S/C26H29BrN2O3/c1-2-3-7-17-10-12-18(13-11-17)24(30)23-21-16-19(27)14-15-22(21)29(25(23)31)26(32)28-20-8-5-4-6-9-20/h4-6,8-9,14-18,31H,2-3,7,10-13H2,1H3,(H,28,32). The fourth-order valence-electron chi connectivity index (χ4n) is 4.81. The molecule has 1 heterocycles. The predicted octanol–water partition coefficient (Wildman–Crippen LogP) is 7.37. The molecule has 1 saturated carbocycles. The average molecular weight is 497 g/mol. The number of nitrogens with zero attached hydrogens (tertiary/aromatic N) is 1. The third-order valence-electron chi connectivity index (χ3n) is 6.56. The fourth-order valence-corrected chi connectivity index (χ4v) is 5.17. The van der Waals surface area contributed by atoms with Gasteiger partial charge in [0.2, 0.25) is 5.88 Å². The van der Waals surface area contributed by atoms with Gasteiger partial charge in [-0.25, -0.2) is 9.36 Å². The number of fused-ring (bicyclic) bond motifs is 1. The lowest BCUT2D eigenvalue weighted by molar-refractivity contribution is 0.0868. The first-order valence-corrected chi connectivity index (χ1v) is 12.2. The lowest BCUT2D eigenvalue weighted by Crippen LogP contribution is -2.22. The first kappa shape index (κ1) is 22.6. The minimum atomic E-state index is -0.497. The Morgan fingerprint density at radius 3 is 2.50 bits per heavy atom. The summed E-state index contributed by atoms with van der Waals surface area (Å²) in [6, 6.07) is 13.9. The molecular weight excluding hydrogens is 468 g/mol. The van der Waals surface area contributed by atoms with E-state index in [1.165, 1.54) is 23.8 Å². The van der Waals surface area contributed by atoms with E-state index >= 15 is 0 Å². The summed E-state index contributed by atoms with van der Waals surface area (Å²) in [4.78, 5) is 26.6. The van der Waals surface area contributed by atoms with Gasteiger partial charge in [0.15, 0.2) is 5.78 Å². The summed E-state index contributed by atoms with van der Waals surface area (Å²) >= 11 is 3.47. The number of benzene rings is 2. The van der Waals surface area contributed by atoms with Gasteiger partial charge in [0.25, 0.3) is 0 Å². The Kier molecular flexibility index (Phi) is 6.99. The molecule has 1 aliphatic rings. The van der Waals surface area contributed by atoms with Gasteiger partial charge in [-0.3, -0.25) is 4.79 Å². The zero-order chi connectivity index (χ0) is 22.7. The van der Waals surface area contributed by atoms with Crippen LogP contribution in [0.3, 0.4) is 0 Å². The first-order chi connectivity index (χ1) is 15.5. The second-order valence-electron chi connectivity index (χ2n) is 8.72. The SMILES string of the molecule is CCCCC1CCC(C(=O)c2c(O)n(C(=O)Nc3ccccc3)c3ccc(Br)cc23)CC1. The van der Waals surface area contributed by atoms with Crippen LogP contribution in [-0.4, -0.2) is 21.5 Å². The molecule has 0 unspecified atom stereocenters. The molecule has 0 radical (unpaired) electrons. The second kappa shape index (κ2) is 9.90. The number of carbonyl (C=O) groups is 2. The number of nitrogens with one attached hydrogen (secondary N) is 1. The Bertz CT molecular complexity index is 1120. The fraction of sp³-hybridized carbons (Fsp3) is 0.385. The molecule has 5 nitrogen and oxygen atoms in total. The van der Waals surface area contributed by atoms with Crippen LogP contribution in [0.4, 0.5) is 10.5 Å². The van der Waals surface area contributed by atoms with Crippen molar-refractivity contribution >= 4 is 44.3 Å². The van der Waals surface area contributed by atoms with E-state index in [9.17, 15) is 14.7 Å². The third kappa shape index (κ3) is 4.60. The lowest BCUT2D eigenvalue weighted by atomic mass is 9.77. The number of hydrogen-bond acceptors (Lipinski definition) is 3. The monoisotopic (exact) mass is 496 g/mol. The molecule has 32 heavy (non-hydrogen) atoms. The van der Waals surface area contributed by atoms with Crippen LogP contribution in [0.5, 0.6) is 5.88 Å². The number of hydrogen-bond donors (Lipinski definition) is 2. The van der Waals surface area contributed by atoms with Crippen molar-refractivity contribution in [2.45, 2.75) is 51.9 Å². The zero-order valence-corrected chi connectivity index (χ0v) is 19.9. The minimum Gasteiger partial charge on any atom is -0.494 e. The number of aromatic nitrogens is 1. The van der Waals surface area contributed by atoms with Crippen molar-refractivity contribution in [2.75, 3.05) is 5.32 Å².